The summed E-state index contributed by atoms with van der Waals surface area (Å²) in [5.41, 5.74) is 0. The number of allylic oxidation sites excluding steroid dienone is 4. The number of unbranched alkanes of at least 4 members (excludes halogenated alkanes) is 21. The molecular formula is C38H73NO4. The molecule has 0 aromatic rings. The molecule has 0 fully saturated rings. The molecule has 0 spiro atoms. The maximum atomic E-state index is 12.3. The molecule has 0 aliphatic carbocycles. The molecule has 3 atom stereocenters. The van der Waals surface area contributed by atoms with Crippen LogP contribution in [-0.4, -0.2) is 46.1 Å². The number of aliphatic hydroxyl groups excluding tert-OH is 3. The molecule has 0 aromatic heterocycles. The largest absolute Gasteiger partial charge is 0.394 e. The van der Waals surface area contributed by atoms with Crippen LogP contribution in [0.5, 0.6) is 0 Å². The van der Waals surface area contributed by atoms with Crippen molar-refractivity contribution in [2.45, 2.75) is 205 Å². The highest BCUT2D eigenvalue weighted by molar-refractivity contribution is 5.76. The van der Waals surface area contributed by atoms with Crippen LogP contribution < -0.4 is 5.32 Å². The third-order valence-electron chi connectivity index (χ3n) is 8.52. The number of hydrogen-bond donors (Lipinski definition) is 4. The Bertz CT molecular complexity index is 635. The van der Waals surface area contributed by atoms with Crippen LogP contribution in [0.3, 0.4) is 0 Å². The van der Waals surface area contributed by atoms with E-state index < -0.39 is 18.2 Å². The quantitative estimate of drug-likeness (QED) is 0.0441. The first-order valence-electron chi connectivity index (χ1n) is 18.6. The van der Waals surface area contributed by atoms with Crippen LogP contribution in [0.25, 0.3) is 0 Å². The van der Waals surface area contributed by atoms with E-state index in [4.69, 9.17) is 0 Å². The predicted octanol–water partition coefficient (Wildman–Crippen LogP) is 9.87. The number of nitrogens with one attached hydrogen (secondary N) is 1. The minimum absolute atomic E-state index is 0.159. The zero-order chi connectivity index (χ0) is 31.6. The van der Waals surface area contributed by atoms with Crippen molar-refractivity contribution in [1.82, 2.24) is 5.32 Å². The summed E-state index contributed by atoms with van der Waals surface area (Å²) in [4.78, 5) is 12.3. The lowest BCUT2D eigenvalue weighted by Crippen LogP contribution is -2.50. The number of carbonyl (C=O) groups is 1. The van der Waals surface area contributed by atoms with Gasteiger partial charge in [0.25, 0.3) is 0 Å². The zero-order valence-corrected chi connectivity index (χ0v) is 28.6. The van der Waals surface area contributed by atoms with E-state index in [1.807, 2.05) is 0 Å². The normalized spacial score (nSPS) is 14.1. The standard InChI is InChI=1S/C38H73NO4/c1-3-5-7-9-11-13-15-16-17-18-19-20-21-22-23-25-27-29-31-33-37(42)39-35(34-40)38(43)36(41)32-30-28-26-24-14-12-10-8-6-4-2/h8,10,24,26,35-36,38,40-41,43H,3-7,9,11-23,25,27-34H2,1-2H3,(H,39,42)/b10-8+,26-24+. The van der Waals surface area contributed by atoms with Gasteiger partial charge in [-0.15, -0.1) is 0 Å². The fourth-order valence-corrected chi connectivity index (χ4v) is 5.60. The van der Waals surface area contributed by atoms with Gasteiger partial charge in [0.05, 0.1) is 18.8 Å². The predicted molar refractivity (Wildman–Crippen MR) is 185 cm³/mol. The van der Waals surface area contributed by atoms with Gasteiger partial charge in [-0.2, -0.15) is 0 Å². The second-order valence-corrected chi connectivity index (χ2v) is 12.8. The molecule has 0 rings (SSSR count). The third-order valence-corrected chi connectivity index (χ3v) is 8.52. The van der Waals surface area contributed by atoms with Crippen LogP contribution in [0.2, 0.25) is 0 Å². The average Bonchev–Trinajstić information content (AvgIpc) is 3.01. The van der Waals surface area contributed by atoms with Crippen molar-refractivity contribution in [3.8, 4) is 0 Å². The molecule has 5 heteroatoms. The molecule has 1 amide bonds. The van der Waals surface area contributed by atoms with Crippen molar-refractivity contribution in [3.05, 3.63) is 24.3 Å². The molecule has 0 radical (unpaired) electrons. The molecule has 4 N–H and O–H groups in total. The second-order valence-electron chi connectivity index (χ2n) is 12.8. The van der Waals surface area contributed by atoms with Gasteiger partial charge < -0.3 is 20.6 Å². The van der Waals surface area contributed by atoms with Crippen LogP contribution in [0.15, 0.2) is 24.3 Å². The van der Waals surface area contributed by atoms with Crippen LogP contribution >= 0.6 is 0 Å². The molecular weight excluding hydrogens is 534 g/mol. The van der Waals surface area contributed by atoms with Crippen molar-refractivity contribution in [3.63, 3.8) is 0 Å². The van der Waals surface area contributed by atoms with Crippen LogP contribution in [0, 0.1) is 0 Å². The van der Waals surface area contributed by atoms with Crippen molar-refractivity contribution < 1.29 is 20.1 Å². The van der Waals surface area contributed by atoms with Gasteiger partial charge in [0, 0.05) is 6.42 Å². The Morgan fingerprint density at radius 1 is 0.558 bits per heavy atom. The number of carbonyl (C=O) groups excluding carboxylic acids is 1. The number of aliphatic hydroxyl groups is 3. The molecule has 3 unspecified atom stereocenters. The Morgan fingerprint density at radius 2 is 0.977 bits per heavy atom. The van der Waals surface area contributed by atoms with E-state index in [2.05, 4.69) is 43.5 Å². The van der Waals surface area contributed by atoms with Gasteiger partial charge in [-0.05, 0) is 44.9 Å². The number of hydrogen-bond acceptors (Lipinski definition) is 4. The summed E-state index contributed by atoms with van der Waals surface area (Å²) >= 11 is 0. The van der Waals surface area contributed by atoms with E-state index in [1.165, 1.54) is 109 Å². The molecule has 0 bridgehead atoms. The van der Waals surface area contributed by atoms with Gasteiger partial charge in [-0.25, -0.2) is 0 Å². The SMILES string of the molecule is CCC/C=C/CC/C=C/CCCC(O)C(O)C(CO)NC(=O)CCCCCCCCCCCCCCCCCCCCC. The molecule has 254 valence electrons. The van der Waals surface area contributed by atoms with Crippen LogP contribution in [0.4, 0.5) is 0 Å². The first kappa shape index (κ1) is 41.8. The fraction of sp³-hybridized carbons (Fsp3) is 0.868. The third kappa shape index (κ3) is 29.3. The molecule has 0 heterocycles. The summed E-state index contributed by atoms with van der Waals surface area (Å²) in [6.07, 6.45) is 38.5. The van der Waals surface area contributed by atoms with Crippen LogP contribution in [0.1, 0.15) is 187 Å². The Kier molecular flexibility index (Phi) is 32.8. The molecule has 5 nitrogen and oxygen atoms in total. The van der Waals surface area contributed by atoms with E-state index in [-0.39, 0.29) is 12.5 Å². The Morgan fingerprint density at radius 3 is 1.42 bits per heavy atom. The lowest BCUT2D eigenvalue weighted by Gasteiger charge is -2.26. The Hall–Kier alpha value is -1.17. The summed E-state index contributed by atoms with van der Waals surface area (Å²) < 4.78 is 0. The van der Waals surface area contributed by atoms with Gasteiger partial charge in [0.15, 0.2) is 0 Å². The van der Waals surface area contributed by atoms with E-state index >= 15 is 0 Å². The Labute approximate surface area is 267 Å². The molecule has 0 saturated carbocycles. The smallest absolute Gasteiger partial charge is 0.220 e. The summed E-state index contributed by atoms with van der Waals surface area (Å²) in [6.45, 7) is 4.08. The number of amides is 1. The molecule has 0 aliphatic heterocycles. The van der Waals surface area contributed by atoms with Gasteiger partial charge in [-0.1, -0.05) is 160 Å². The minimum Gasteiger partial charge on any atom is -0.394 e. The Balaban J connectivity index is 3.65. The molecule has 43 heavy (non-hydrogen) atoms. The van der Waals surface area contributed by atoms with E-state index in [0.29, 0.717) is 12.8 Å². The minimum atomic E-state index is -1.16. The maximum Gasteiger partial charge on any atom is 0.220 e. The molecule has 0 aromatic carbocycles. The fourth-order valence-electron chi connectivity index (χ4n) is 5.60. The lowest BCUT2D eigenvalue weighted by atomic mass is 10.0. The van der Waals surface area contributed by atoms with Crippen LogP contribution in [-0.2, 0) is 4.79 Å². The van der Waals surface area contributed by atoms with Gasteiger partial charge in [0.1, 0.15) is 6.10 Å². The first-order valence-corrected chi connectivity index (χ1v) is 18.6. The van der Waals surface area contributed by atoms with Gasteiger partial charge in [0.2, 0.25) is 5.91 Å². The molecule has 0 saturated heterocycles. The zero-order valence-electron chi connectivity index (χ0n) is 28.6. The van der Waals surface area contributed by atoms with E-state index in [9.17, 15) is 20.1 Å². The van der Waals surface area contributed by atoms with Gasteiger partial charge in [-0.3, -0.25) is 4.79 Å². The number of rotatable bonds is 33. The van der Waals surface area contributed by atoms with Crippen molar-refractivity contribution >= 4 is 5.91 Å². The first-order chi connectivity index (χ1) is 21.1. The summed E-state index contributed by atoms with van der Waals surface area (Å²) in [7, 11) is 0. The van der Waals surface area contributed by atoms with E-state index in [0.717, 1.165) is 51.4 Å². The van der Waals surface area contributed by atoms with Crippen molar-refractivity contribution in [1.29, 1.82) is 0 Å². The highest BCUT2D eigenvalue weighted by Crippen LogP contribution is 2.15. The van der Waals surface area contributed by atoms with Crippen molar-refractivity contribution in [2.75, 3.05) is 6.61 Å². The molecule has 0 aliphatic rings. The summed E-state index contributed by atoms with van der Waals surface area (Å²) in [5, 5.41) is 33.2. The van der Waals surface area contributed by atoms with Gasteiger partial charge >= 0.3 is 0 Å². The average molecular weight is 608 g/mol. The highest BCUT2D eigenvalue weighted by Gasteiger charge is 2.26. The van der Waals surface area contributed by atoms with Crippen molar-refractivity contribution in [2.24, 2.45) is 0 Å². The monoisotopic (exact) mass is 608 g/mol. The topological polar surface area (TPSA) is 89.8 Å². The highest BCUT2D eigenvalue weighted by atomic mass is 16.3. The second kappa shape index (κ2) is 33.7. The van der Waals surface area contributed by atoms with E-state index in [1.54, 1.807) is 0 Å². The lowest BCUT2D eigenvalue weighted by molar-refractivity contribution is -0.124. The maximum absolute atomic E-state index is 12.3. The summed E-state index contributed by atoms with van der Waals surface area (Å²) in [5.74, 6) is -0.159. The summed E-state index contributed by atoms with van der Waals surface area (Å²) in [6, 6.07) is -0.826.